The molecule has 0 spiro atoms. The van der Waals surface area contributed by atoms with Crippen LogP contribution in [-0.2, 0) is 11.2 Å². The standard InChI is InChI=1S/C16H27N3OS/c1-2-19(15-7-3-5-13(15)11-17)12-16(20)18-9-8-14-6-4-10-21-14/h4,6,10,13,15H,2-3,5,7-9,11-12,17H2,1H3,(H,18,20). The molecule has 3 N–H and O–H groups in total. The lowest BCUT2D eigenvalue weighted by atomic mass is 10.0. The summed E-state index contributed by atoms with van der Waals surface area (Å²) in [5.74, 6) is 0.694. The third-order valence-corrected chi connectivity index (χ3v) is 5.35. The zero-order chi connectivity index (χ0) is 15.1. The minimum absolute atomic E-state index is 0.135. The molecule has 1 aliphatic rings. The predicted molar refractivity (Wildman–Crippen MR) is 88.5 cm³/mol. The minimum atomic E-state index is 0.135. The summed E-state index contributed by atoms with van der Waals surface area (Å²) in [7, 11) is 0. The van der Waals surface area contributed by atoms with E-state index in [1.165, 1.54) is 24.1 Å². The first-order valence-electron chi connectivity index (χ1n) is 7.97. The Morgan fingerprint density at radius 2 is 2.38 bits per heavy atom. The Morgan fingerprint density at radius 3 is 3.05 bits per heavy atom. The second kappa shape index (κ2) is 8.51. The molecule has 2 unspecified atom stereocenters. The van der Waals surface area contributed by atoms with Crippen molar-refractivity contribution >= 4 is 17.2 Å². The summed E-state index contributed by atoms with van der Waals surface area (Å²) in [5, 5.41) is 5.11. The predicted octanol–water partition coefficient (Wildman–Crippen LogP) is 1.86. The van der Waals surface area contributed by atoms with Crippen molar-refractivity contribution in [1.29, 1.82) is 0 Å². The van der Waals surface area contributed by atoms with Crippen LogP contribution in [0.25, 0.3) is 0 Å². The average Bonchev–Trinajstić information content (AvgIpc) is 3.15. The van der Waals surface area contributed by atoms with Crippen LogP contribution in [0.5, 0.6) is 0 Å². The number of amides is 1. The molecule has 4 nitrogen and oxygen atoms in total. The molecule has 2 rings (SSSR count). The van der Waals surface area contributed by atoms with E-state index >= 15 is 0 Å². The lowest BCUT2D eigenvalue weighted by Crippen LogP contribution is -2.46. The summed E-state index contributed by atoms with van der Waals surface area (Å²) in [6.07, 6.45) is 4.54. The van der Waals surface area contributed by atoms with Crippen LogP contribution < -0.4 is 11.1 Å². The molecule has 5 heteroatoms. The number of carbonyl (C=O) groups is 1. The molecule has 1 fully saturated rings. The molecule has 1 heterocycles. The first-order valence-corrected chi connectivity index (χ1v) is 8.85. The highest BCUT2D eigenvalue weighted by Crippen LogP contribution is 2.28. The van der Waals surface area contributed by atoms with Crippen molar-refractivity contribution in [2.24, 2.45) is 11.7 Å². The largest absolute Gasteiger partial charge is 0.355 e. The van der Waals surface area contributed by atoms with Gasteiger partial charge in [0.15, 0.2) is 0 Å². The Morgan fingerprint density at radius 1 is 1.52 bits per heavy atom. The van der Waals surface area contributed by atoms with Crippen molar-refractivity contribution in [2.75, 3.05) is 26.2 Å². The quantitative estimate of drug-likeness (QED) is 0.770. The van der Waals surface area contributed by atoms with Crippen LogP contribution in [-0.4, -0.2) is 43.0 Å². The fourth-order valence-corrected chi connectivity index (χ4v) is 3.97. The Kier molecular flexibility index (Phi) is 6.67. The highest BCUT2D eigenvalue weighted by Gasteiger charge is 2.31. The van der Waals surface area contributed by atoms with Crippen LogP contribution in [0.4, 0.5) is 0 Å². The van der Waals surface area contributed by atoms with Gasteiger partial charge in [0.1, 0.15) is 0 Å². The number of hydrogen-bond acceptors (Lipinski definition) is 4. The van der Waals surface area contributed by atoms with Gasteiger partial charge in [-0.3, -0.25) is 9.69 Å². The lowest BCUT2D eigenvalue weighted by Gasteiger charge is -2.31. The summed E-state index contributed by atoms with van der Waals surface area (Å²) < 4.78 is 0. The van der Waals surface area contributed by atoms with Crippen LogP contribution in [0.1, 0.15) is 31.1 Å². The first kappa shape index (κ1) is 16.5. The van der Waals surface area contributed by atoms with E-state index < -0.39 is 0 Å². The molecular formula is C16H27N3OS. The highest BCUT2D eigenvalue weighted by atomic mass is 32.1. The molecule has 0 radical (unpaired) electrons. The van der Waals surface area contributed by atoms with Crippen molar-refractivity contribution in [3.63, 3.8) is 0 Å². The summed E-state index contributed by atoms with van der Waals surface area (Å²) in [4.78, 5) is 15.7. The third kappa shape index (κ3) is 4.80. The van der Waals surface area contributed by atoms with Gasteiger partial charge in [-0.05, 0) is 49.7 Å². The fraction of sp³-hybridized carbons (Fsp3) is 0.688. The Labute approximate surface area is 131 Å². The SMILES string of the molecule is CCN(CC(=O)NCCc1cccs1)C1CCCC1CN. The van der Waals surface area contributed by atoms with E-state index in [2.05, 4.69) is 28.6 Å². The monoisotopic (exact) mass is 309 g/mol. The smallest absolute Gasteiger partial charge is 0.234 e. The van der Waals surface area contributed by atoms with E-state index in [0.29, 0.717) is 18.5 Å². The van der Waals surface area contributed by atoms with Gasteiger partial charge in [-0.2, -0.15) is 0 Å². The number of nitrogens with one attached hydrogen (secondary N) is 1. The summed E-state index contributed by atoms with van der Waals surface area (Å²) in [6.45, 7) is 5.01. The lowest BCUT2D eigenvalue weighted by molar-refractivity contribution is -0.122. The summed E-state index contributed by atoms with van der Waals surface area (Å²) in [6, 6.07) is 4.65. The third-order valence-electron chi connectivity index (χ3n) is 4.42. The van der Waals surface area contributed by atoms with E-state index in [-0.39, 0.29) is 5.91 Å². The minimum Gasteiger partial charge on any atom is -0.355 e. The van der Waals surface area contributed by atoms with Gasteiger partial charge in [0.25, 0.3) is 0 Å². The second-order valence-electron chi connectivity index (χ2n) is 5.74. The van der Waals surface area contributed by atoms with Gasteiger partial charge in [-0.1, -0.05) is 19.4 Å². The van der Waals surface area contributed by atoms with Gasteiger partial charge in [0.2, 0.25) is 5.91 Å². The number of likely N-dealkylation sites (N-methyl/N-ethyl adjacent to an activating group) is 1. The van der Waals surface area contributed by atoms with E-state index in [1.54, 1.807) is 11.3 Å². The highest BCUT2D eigenvalue weighted by molar-refractivity contribution is 7.09. The number of nitrogens with two attached hydrogens (primary N) is 1. The average molecular weight is 309 g/mol. The molecule has 1 amide bonds. The van der Waals surface area contributed by atoms with Crippen molar-refractivity contribution in [2.45, 2.75) is 38.6 Å². The van der Waals surface area contributed by atoms with E-state index in [4.69, 9.17) is 5.73 Å². The Balaban J connectivity index is 1.74. The van der Waals surface area contributed by atoms with Crippen molar-refractivity contribution in [3.05, 3.63) is 22.4 Å². The van der Waals surface area contributed by atoms with Gasteiger partial charge in [-0.25, -0.2) is 0 Å². The van der Waals surface area contributed by atoms with Crippen molar-refractivity contribution < 1.29 is 4.79 Å². The van der Waals surface area contributed by atoms with Gasteiger partial charge in [0, 0.05) is 17.5 Å². The number of thiophene rings is 1. The van der Waals surface area contributed by atoms with Gasteiger partial charge in [-0.15, -0.1) is 11.3 Å². The molecule has 0 saturated heterocycles. The maximum atomic E-state index is 12.1. The van der Waals surface area contributed by atoms with Crippen molar-refractivity contribution in [3.8, 4) is 0 Å². The Hall–Kier alpha value is -0.910. The molecule has 118 valence electrons. The summed E-state index contributed by atoms with van der Waals surface area (Å²) in [5.41, 5.74) is 5.86. The number of nitrogens with zero attached hydrogens (tertiary/aromatic N) is 1. The number of rotatable bonds is 8. The van der Waals surface area contributed by atoms with E-state index in [9.17, 15) is 4.79 Å². The molecular weight excluding hydrogens is 282 g/mol. The van der Waals surface area contributed by atoms with E-state index in [1.807, 2.05) is 6.07 Å². The van der Waals surface area contributed by atoms with Crippen LogP contribution in [0.3, 0.4) is 0 Å². The molecule has 1 aromatic rings. The number of hydrogen-bond donors (Lipinski definition) is 2. The fourth-order valence-electron chi connectivity index (χ4n) is 3.26. The zero-order valence-corrected chi connectivity index (χ0v) is 13.7. The van der Waals surface area contributed by atoms with Gasteiger partial charge >= 0.3 is 0 Å². The first-order chi connectivity index (χ1) is 10.2. The van der Waals surface area contributed by atoms with Crippen LogP contribution in [0.2, 0.25) is 0 Å². The molecule has 2 atom stereocenters. The molecule has 0 bridgehead atoms. The van der Waals surface area contributed by atoms with Crippen LogP contribution in [0, 0.1) is 5.92 Å². The molecule has 0 aliphatic heterocycles. The molecule has 1 saturated carbocycles. The zero-order valence-electron chi connectivity index (χ0n) is 12.9. The number of carbonyl (C=O) groups excluding carboxylic acids is 1. The maximum Gasteiger partial charge on any atom is 0.234 e. The maximum absolute atomic E-state index is 12.1. The second-order valence-corrected chi connectivity index (χ2v) is 6.77. The normalized spacial score (nSPS) is 21.9. The van der Waals surface area contributed by atoms with Gasteiger partial charge in [0.05, 0.1) is 6.54 Å². The molecule has 0 aromatic carbocycles. The summed E-state index contributed by atoms with van der Waals surface area (Å²) >= 11 is 1.74. The van der Waals surface area contributed by atoms with Crippen LogP contribution in [0.15, 0.2) is 17.5 Å². The topological polar surface area (TPSA) is 58.4 Å². The molecule has 1 aliphatic carbocycles. The van der Waals surface area contributed by atoms with E-state index in [0.717, 1.165) is 26.1 Å². The van der Waals surface area contributed by atoms with Crippen LogP contribution >= 0.6 is 11.3 Å². The van der Waals surface area contributed by atoms with Crippen molar-refractivity contribution in [1.82, 2.24) is 10.2 Å². The van der Waals surface area contributed by atoms with Gasteiger partial charge < -0.3 is 11.1 Å². The Bertz CT molecular complexity index is 421. The molecule has 1 aromatic heterocycles. The molecule has 21 heavy (non-hydrogen) atoms.